The van der Waals surface area contributed by atoms with E-state index < -0.39 is 0 Å². The van der Waals surface area contributed by atoms with Crippen LogP contribution in [0, 0.1) is 0 Å². The molecule has 0 fully saturated rings. The van der Waals surface area contributed by atoms with E-state index in [9.17, 15) is 0 Å². The highest BCUT2D eigenvalue weighted by molar-refractivity contribution is 6.24. The lowest BCUT2D eigenvalue weighted by Gasteiger charge is -2.13. The predicted octanol–water partition coefficient (Wildman–Crippen LogP) is 13.8. The number of rotatable bonds is 5. The second kappa shape index (κ2) is 13.3. The summed E-state index contributed by atoms with van der Waals surface area (Å²) in [6, 6.07) is 58.3. The minimum atomic E-state index is 0.744. The maximum atomic E-state index is 6.14. The molecule has 0 aliphatic rings. The van der Waals surface area contributed by atoms with Crippen LogP contribution in [0.2, 0.25) is 0 Å². The average Bonchev–Trinajstić information content (AvgIpc) is 4.10. The molecule has 0 spiro atoms. The van der Waals surface area contributed by atoms with Gasteiger partial charge in [-0.05, 0) is 83.9 Å². The Hall–Kier alpha value is -8.88. The molecule has 0 radical (unpaired) electrons. The molecule has 0 aliphatic heterocycles. The van der Waals surface area contributed by atoms with Gasteiger partial charge < -0.3 is 13.6 Å². The zero-order valence-electron chi connectivity index (χ0n) is 34.1. The monoisotopic (exact) mass is 819 g/mol. The number of benzene rings is 7. The fraction of sp³-hybridized carbons (Fsp3) is 0. The molecule has 64 heavy (non-hydrogen) atoms. The van der Waals surface area contributed by atoms with E-state index in [2.05, 4.69) is 175 Å². The molecule has 8 heteroatoms. The quantitative estimate of drug-likeness (QED) is 0.173. The first-order chi connectivity index (χ1) is 31.7. The molecule has 298 valence electrons. The number of nitrogens with zero attached hydrogens (tertiary/aromatic N) is 7. The summed E-state index contributed by atoms with van der Waals surface area (Å²) in [6.07, 6.45) is 11.2. The molecule has 14 aromatic rings. The zero-order valence-corrected chi connectivity index (χ0v) is 34.1. The second-order valence-electron chi connectivity index (χ2n) is 16.4. The molecule has 0 amide bonds. The van der Waals surface area contributed by atoms with Crippen molar-refractivity contribution in [2.75, 3.05) is 0 Å². The van der Waals surface area contributed by atoms with Crippen molar-refractivity contribution in [3.05, 3.63) is 201 Å². The molecule has 0 saturated carbocycles. The van der Waals surface area contributed by atoms with Crippen molar-refractivity contribution < 1.29 is 4.42 Å². The lowest BCUT2D eigenvalue weighted by Crippen LogP contribution is -2.02. The van der Waals surface area contributed by atoms with E-state index in [0.29, 0.717) is 0 Å². The summed E-state index contributed by atoms with van der Waals surface area (Å²) in [7, 11) is 0. The maximum absolute atomic E-state index is 6.14. The van der Waals surface area contributed by atoms with Gasteiger partial charge in [-0.25, -0.2) is 4.98 Å². The smallest absolute Gasteiger partial charge is 0.156 e. The largest absolute Gasteiger partial charge is 0.454 e. The SMILES string of the molecule is c1ccc(-n2c3ccc(-c4cncc(-n5c6ccccc6c6ccc7c8ccccc8n(-c8cccc(-c9ccc%10oc%11cnccc%11c%10c9)c8)c7c65)n4)cc3c3ccncc32)cc1. The van der Waals surface area contributed by atoms with Gasteiger partial charge in [0, 0.05) is 72.4 Å². The van der Waals surface area contributed by atoms with Crippen molar-refractivity contribution in [2.45, 2.75) is 0 Å². The van der Waals surface area contributed by atoms with E-state index in [0.717, 1.165) is 122 Å². The van der Waals surface area contributed by atoms with Crippen LogP contribution >= 0.6 is 0 Å². The molecule has 7 aromatic heterocycles. The Labute approximate surface area is 364 Å². The van der Waals surface area contributed by atoms with Crippen molar-refractivity contribution >= 4 is 87.4 Å². The first-order valence-corrected chi connectivity index (χ1v) is 21.3. The van der Waals surface area contributed by atoms with Crippen molar-refractivity contribution in [3.8, 4) is 39.6 Å². The van der Waals surface area contributed by atoms with E-state index in [1.165, 1.54) is 5.39 Å². The van der Waals surface area contributed by atoms with E-state index in [-0.39, 0.29) is 0 Å². The molecule has 7 aromatic carbocycles. The van der Waals surface area contributed by atoms with Crippen LogP contribution in [0.15, 0.2) is 205 Å². The van der Waals surface area contributed by atoms with Gasteiger partial charge in [-0.3, -0.25) is 19.5 Å². The second-order valence-corrected chi connectivity index (χ2v) is 16.4. The highest BCUT2D eigenvalue weighted by Gasteiger charge is 2.23. The van der Waals surface area contributed by atoms with Crippen molar-refractivity contribution in [2.24, 2.45) is 0 Å². The Morgan fingerprint density at radius 2 is 1.00 bits per heavy atom. The van der Waals surface area contributed by atoms with Crippen molar-refractivity contribution in [1.29, 1.82) is 0 Å². The number of furan rings is 1. The summed E-state index contributed by atoms with van der Waals surface area (Å²) in [6.45, 7) is 0. The Bertz CT molecular complexity index is 4210. The van der Waals surface area contributed by atoms with E-state index in [4.69, 9.17) is 14.4 Å². The van der Waals surface area contributed by atoms with Gasteiger partial charge in [-0.15, -0.1) is 0 Å². The molecule has 14 rings (SSSR count). The van der Waals surface area contributed by atoms with Crippen molar-refractivity contribution in [3.63, 3.8) is 0 Å². The summed E-state index contributed by atoms with van der Waals surface area (Å²) in [4.78, 5) is 19.1. The number of hydrogen-bond acceptors (Lipinski definition) is 5. The number of pyridine rings is 2. The van der Waals surface area contributed by atoms with Gasteiger partial charge >= 0.3 is 0 Å². The number of fused-ring (bicyclic) bond motifs is 13. The van der Waals surface area contributed by atoms with Crippen LogP contribution in [-0.2, 0) is 0 Å². The minimum Gasteiger partial charge on any atom is -0.454 e. The number of para-hydroxylation sites is 3. The molecule has 0 aliphatic carbocycles. The van der Waals surface area contributed by atoms with E-state index >= 15 is 0 Å². The third-order valence-corrected chi connectivity index (χ3v) is 12.9. The van der Waals surface area contributed by atoms with Gasteiger partial charge in [0.25, 0.3) is 0 Å². The lowest BCUT2D eigenvalue weighted by molar-refractivity contribution is 0.667. The lowest BCUT2D eigenvalue weighted by atomic mass is 10.0. The highest BCUT2D eigenvalue weighted by atomic mass is 16.3. The van der Waals surface area contributed by atoms with Gasteiger partial charge in [-0.1, -0.05) is 91.0 Å². The average molecular weight is 820 g/mol. The Kier molecular flexibility index (Phi) is 7.23. The summed E-state index contributed by atoms with van der Waals surface area (Å²) in [5, 5.41) is 9.03. The van der Waals surface area contributed by atoms with Crippen LogP contribution in [0.4, 0.5) is 0 Å². The maximum Gasteiger partial charge on any atom is 0.156 e. The standard InChI is InChI=1S/C56H33N7O/c1-2-10-37(11-3-1)61-50-21-17-36(29-45(50)41-23-25-57-31-51(41)61)47-30-59-33-54(60-47)63-49-16-7-5-14-40(49)44-20-19-43-39-13-4-6-15-48(39)62(55(43)56(44)63)38-12-8-9-34(27-38)35-18-22-52-46(28-35)42-24-26-58-32-53(42)64-52/h1-33H. The van der Waals surface area contributed by atoms with Crippen molar-refractivity contribution in [1.82, 2.24) is 33.6 Å². The Morgan fingerprint density at radius 1 is 0.344 bits per heavy atom. The molecule has 0 atom stereocenters. The van der Waals surface area contributed by atoms with Crippen LogP contribution in [0.3, 0.4) is 0 Å². The highest BCUT2D eigenvalue weighted by Crippen LogP contribution is 2.43. The first-order valence-electron chi connectivity index (χ1n) is 21.3. The fourth-order valence-electron chi connectivity index (χ4n) is 10.1. The topological polar surface area (TPSA) is 79.5 Å². The van der Waals surface area contributed by atoms with E-state index in [1.807, 2.05) is 43.1 Å². The third-order valence-electron chi connectivity index (χ3n) is 12.9. The molecule has 0 bridgehead atoms. The molecule has 8 nitrogen and oxygen atoms in total. The summed E-state index contributed by atoms with van der Waals surface area (Å²) in [5.41, 5.74) is 14.3. The van der Waals surface area contributed by atoms with Gasteiger partial charge in [0.05, 0.1) is 63.6 Å². The third kappa shape index (κ3) is 4.99. The van der Waals surface area contributed by atoms with Gasteiger partial charge in [0.1, 0.15) is 5.58 Å². The predicted molar refractivity (Wildman–Crippen MR) is 259 cm³/mol. The molecule has 0 unspecified atom stereocenters. The van der Waals surface area contributed by atoms with Crippen LogP contribution in [0.5, 0.6) is 0 Å². The number of hydrogen-bond donors (Lipinski definition) is 0. The normalized spacial score (nSPS) is 12.1. The summed E-state index contributed by atoms with van der Waals surface area (Å²) < 4.78 is 13.1. The van der Waals surface area contributed by atoms with Crippen LogP contribution < -0.4 is 0 Å². The molecular weight excluding hydrogens is 787 g/mol. The van der Waals surface area contributed by atoms with Crippen LogP contribution in [0.1, 0.15) is 0 Å². The van der Waals surface area contributed by atoms with Crippen LogP contribution in [-0.4, -0.2) is 33.6 Å². The van der Waals surface area contributed by atoms with E-state index in [1.54, 1.807) is 6.20 Å². The fourth-order valence-corrected chi connectivity index (χ4v) is 10.1. The first kappa shape index (κ1) is 34.8. The summed E-state index contributed by atoms with van der Waals surface area (Å²) in [5.74, 6) is 0.744. The zero-order chi connectivity index (χ0) is 41.9. The van der Waals surface area contributed by atoms with Gasteiger partial charge in [0.15, 0.2) is 11.4 Å². The molecule has 0 N–H and O–H groups in total. The summed E-state index contributed by atoms with van der Waals surface area (Å²) >= 11 is 0. The minimum absolute atomic E-state index is 0.744. The molecular formula is C56H33N7O. The van der Waals surface area contributed by atoms with Crippen LogP contribution in [0.25, 0.3) is 127 Å². The molecule has 0 saturated heterocycles. The Balaban J connectivity index is 0.990. The Morgan fingerprint density at radius 3 is 1.84 bits per heavy atom. The van der Waals surface area contributed by atoms with Gasteiger partial charge in [0.2, 0.25) is 0 Å². The number of aromatic nitrogens is 7. The molecule has 7 heterocycles. The van der Waals surface area contributed by atoms with Gasteiger partial charge in [-0.2, -0.15) is 0 Å².